The molecule has 1 aliphatic carbocycles. The molecular weight excluding hydrogens is 397 g/mol. The van der Waals surface area contributed by atoms with E-state index < -0.39 is 5.41 Å². The van der Waals surface area contributed by atoms with Crippen LogP contribution in [0.25, 0.3) is 5.69 Å². The molecule has 6 nitrogen and oxygen atoms in total. The Labute approximate surface area is 178 Å². The number of benzene rings is 2. The molecule has 5 rings (SSSR count). The van der Waals surface area contributed by atoms with Crippen molar-refractivity contribution in [3.8, 4) is 5.69 Å². The summed E-state index contributed by atoms with van der Waals surface area (Å²) < 4.78 is 20.1. The van der Waals surface area contributed by atoms with E-state index in [1.807, 2.05) is 37.3 Å². The molecule has 1 amide bonds. The predicted molar refractivity (Wildman–Crippen MR) is 114 cm³/mol. The summed E-state index contributed by atoms with van der Waals surface area (Å²) in [5.74, 6) is -0.149. The van der Waals surface area contributed by atoms with Gasteiger partial charge in [-0.2, -0.15) is 4.98 Å². The predicted octanol–water partition coefficient (Wildman–Crippen LogP) is 3.46. The lowest BCUT2D eigenvalue weighted by atomic mass is 9.77. The summed E-state index contributed by atoms with van der Waals surface area (Å²) in [5.41, 5.74) is 2.64. The fourth-order valence-electron chi connectivity index (χ4n) is 3.97. The number of halogens is 1. The highest BCUT2D eigenvalue weighted by Crippen LogP contribution is 2.39. The summed E-state index contributed by atoms with van der Waals surface area (Å²) in [6.45, 7) is 2.42. The first-order chi connectivity index (χ1) is 15.0. The van der Waals surface area contributed by atoms with Crippen LogP contribution < -0.4 is 11.0 Å². The van der Waals surface area contributed by atoms with E-state index in [-0.39, 0.29) is 30.6 Å². The Morgan fingerprint density at radius 3 is 2.35 bits per heavy atom. The van der Waals surface area contributed by atoms with Gasteiger partial charge in [-0.05, 0) is 67.8 Å². The van der Waals surface area contributed by atoms with Gasteiger partial charge in [0.15, 0.2) is 0 Å². The summed E-state index contributed by atoms with van der Waals surface area (Å²) >= 11 is 0. The maximum Gasteiger partial charge on any atom is 0.352 e. The Morgan fingerprint density at radius 2 is 1.81 bits per heavy atom. The molecule has 1 aromatic heterocycles. The van der Waals surface area contributed by atoms with Crippen molar-refractivity contribution in [3.05, 3.63) is 87.9 Å². The Morgan fingerprint density at radius 1 is 1.13 bits per heavy atom. The Hall–Kier alpha value is -3.32. The minimum Gasteiger partial charge on any atom is -0.378 e. The average Bonchev–Trinajstić information content (AvgIpc) is 3.55. The SMILES string of the molecule is Cc1cc(C2CC2)nc(=O)n1-c1ccc(C2(C(=O)Nc3ccc(F)cc3)COC2)cc1. The number of rotatable bonds is 5. The van der Waals surface area contributed by atoms with Crippen LogP contribution in [0.15, 0.2) is 59.4 Å². The van der Waals surface area contributed by atoms with Crippen LogP contribution in [0, 0.1) is 12.7 Å². The van der Waals surface area contributed by atoms with Gasteiger partial charge in [-0.1, -0.05) is 12.1 Å². The van der Waals surface area contributed by atoms with E-state index in [0.717, 1.165) is 29.8 Å². The van der Waals surface area contributed by atoms with Gasteiger partial charge in [-0.3, -0.25) is 9.36 Å². The van der Waals surface area contributed by atoms with E-state index in [0.29, 0.717) is 17.3 Å². The van der Waals surface area contributed by atoms with Gasteiger partial charge < -0.3 is 10.1 Å². The molecule has 2 aliphatic rings. The molecule has 1 aliphatic heterocycles. The molecular formula is C24H22FN3O3. The van der Waals surface area contributed by atoms with Crippen LogP contribution in [-0.4, -0.2) is 28.7 Å². The number of aryl methyl sites for hydroxylation is 1. The molecule has 3 aromatic rings. The van der Waals surface area contributed by atoms with Crippen LogP contribution >= 0.6 is 0 Å². The second kappa shape index (κ2) is 7.42. The topological polar surface area (TPSA) is 73.2 Å². The summed E-state index contributed by atoms with van der Waals surface area (Å²) in [6, 6.07) is 15.0. The second-order valence-electron chi connectivity index (χ2n) is 8.30. The van der Waals surface area contributed by atoms with Gasteiger partial charge in [0.05, 0.1) is 24.6 Å². The fourth-order valence-corrected chi connectivity index (χ4v) is 3.97. The first-order valence-electron chi connectivity index (χ1n) is 10.3. The number of nitrogens with one attached hydrogen (secondary N) is 1. The van der Waals surface area contributed by atoms with Crippen molar-refractivity contribution < 1.29 is 13.9 Å². The highest BCUT2D eigenvalue weighted by molar-refractivity contribution is 6.00. The average molecular weight is 419 g/mol. The van der Waals surface area contributed by atoms with Crippen LogP contribution in [0.1, 0.15) is 35.7 Å². The zero-order valence-electron chi connectivity index (χ0n) is 17.1. The van der Waals surface area contributed by atoms with Crippen LogP contribution in [0.5, 0.6) is 0 Å². The molecule has 1 saturated heterocycles. The number of carbonyl (C=O) groups is 1. The second-order valence-corrected chi connectivity index (χ2v) is 8.30. The normalized spacial score (nSPS) is 17.1. The third-order valence-electron chi connectivity index (χ3n) is 6.03. The van der Waals surface area contributed by atoms with E-state index in [1.165, 1.54) is 24.3 Å². The Balaban J connectivity index is 1.41. The van der Waals surface area contributed by atoms with Crippen molar-refractivity contribution in [2.24, 2.45) is 0 Å². The molecule has 2 fully saturated rings. The quantitative estimate of drug-likeness (QED) is 0.687. The first-order valence-corrected chi connectivity index (χ1v) is 10.3. The molecule has 158 valence electrons. The van der Waals surface area contributed by atoms with E-state index in [4.69, 9.17) is 4.74 Å². The maximum atomic E-state index is 13.1. The molecule has 0 bridgehead atoms. The number of carbonyl (C=O) groups excluding carboxylic acids is 1. The third kappa shape index (κ3) is 3.55. The molecule has 1 saturated carbocycles. The van der Waals surface area contributed by atoms with Crippen molar-refractivity contribution in [1.82, 2.24) is 9.55 Å². The number of nitrogens with zero attached hydrogens (tertiary/aromatic N) is 2. The number of ether oxygens (including phenoxy) is 1. The van der Waals surface area contributed by atoms with Crippen LogP contribution in [-0.2, 0) is 14.9 Å². The zero-order valence-corrected chi connectivity index (χ0v) is 17.1. The lowest BCUT2D eigenvalue weighted by Gasteiger charge is -2.40. The smallest absolute Gasteiger partial charge is 0.352 e. The van der Waals surface area contributed by atoms with Gasteiger partial charge >= 0.3 is 5.69 Å². The number of hydrogen-bond donors (Lipinski definition) is 1. The van der Waals surface area contributed by atoms with Gasteiger partial charge in [0.2, 0.25) is 5.91 Å². The zero-order chi connectivity index (χ0) is 21.6. The molecule has 0 atom stereocenters. The van der Waals surface area contributed by atoms with Gasteiger partial charge in [0.1, 0.15) is 11.2 Å². The van der Waals surface area contributed by atoms with E-state index in [9.17, 15) is 14.0 Å². The van der Waals surface area contributed by atoms with Gasteiger partial charge in [-0.15, -0.1) is 0 Å². The van der Waals surface area contributed by atoms with Gasteiger partial charge in [0.25, 0.3) is 0 Å². The van der Waals surface area contributed by atoms with Gasteiger partial charge in [0, 0.05) is 17.3 Å². The van der Waals surface area contributed by atoms with E-state index in [2.05, 4.69) is 10.3 Å². The molecule has 1 N–H and O–H groups in total. The Bertz CT molecular complexity index is 1190. The third-order valence-corrected chi connectivity index (χ3v) is 6.03. The lowest BCUT2D eigenvalue weighted by Crippen LogP contribution is -2.55. The standard InChI is InChI=1S/C24H22FN3O3/c1-15-12-21(16-2-3-16)27-23(30)28(15)20-10-4-17(5-11-20)24(13-31-14-24)22(29)26-19-8-6-18(25)7-9-19/h4-12,16H,2-3,13-14H2,1H3,(H,26,29). The monoisotopic (exact) mass is 419 g/mol. The summed E-state index contributed by atoms with van der Waals surface area (Å²) in [4.78, 5) is 29.9. The largest absolute Gasteiger partial charge is 0.378 e. The molecule has 0 radical (unpaired) electrons. The number of amides is 1. The minimum atomic E-state index is -0.818. The van der Waals surface area contributed by atoms with Crippen LogP contribution in [0.4, 0.5) is 10.1 Å². The molecule has 0 unspecified atom stereocenters. The van der Waals surface area contributed by atoms with Crippen molar-refractivity contribution in [2.75, 3.05) is 18.5 Å². The lowest BCUT2D eigenvalue weighted by molar-refractivity contribution is -0.139. The van der Waals surface area contributed by atoms with E-state index in [1.54, 1.807) is 4.57 Å². The fraction of sp³-hybridized carbons (Fsp3) is 0.292. The Kier molecular flexibility index (Phi) is 4.70. The highest BCUT2D eigenvalue weighted by atomic mass is 19.1. The van der Waals surface area contributed by atoms with E-state index >= 15 is 0 Å². The van der Waals surface area contributed by atoms with Crippen molar-refractivity contribution in [1.29, 1.82) is 0 Å². The van der Waals surface area contributed by atoms with Crippen LogP contribution in [0.2, 0.25) is 0 Å². The highest BCUT2D eigenvalue weighted by Gasteiger charge is 2.47. The number of hydrogen-bond acceptors (Lipinski definition) is 4. The summed E-state index contributed by atoms with van der Waals surface area (Å²) in [7, 11) is 0. The maximum absolute atomic E-state index is 13.1. The number of aromatic nitrogens is 2. The first kappa shape index (κ1) is 19.6. The summed E-state index contributed by atoms with van der Waals surface area (Å²) in [6.07, 6.45) is 2.18. The van der Waals surface area contributed by atoms with Crippen molar-refractivity contribution >= 4 is 11.6 Å². The van der Waals surface area contributed by atoms with Crippen molar-refractivity contribution in [2.45, 2.75) is 31.1 Å². The molecule has 2 aromatic carbocycles. The number of anilines is 1. The minimum absolute atomic E-state index is 0.207. The molecule has 31 heavy (non-hydrogen) atoms. The molecule has 7 heteroatoms. The van der Waals surface area contributed by atoms with Crippen LogP contribution in [0.3, 0.4) is 0 Å². The molecule has 0 spiro atoms. The summed E-state index contributed by atoms with van der Waals surface area (Å²) in [5, 5.41) is 2.85. The molecule has 2 heterocycles. The van der Waals surface area contributed by atoms with Crippen molar-refractivity contribution in [3.63, 3.8) is 0 Å². The van der Waals surface area contributed by atoms with Gasteiger partial charge in [-0.25, -0.2) is 9.18 Å².